The molecule has 0 aliphatic rings. The number of nitrogens with zero attached hydrogens (tertiary/aromatic N) is 2. The molecule has 3 aromatic rings. The van der Waals surface area contributed by atoms with Gasteiger partial charge in [0.15, 0.2) is 0 Å². The molecule has 0 unspecified atom stereocenters. The van der Waals surface area contributed by atoms with Crippen LogP contribution in [0.2, 0.25) is 0 Å². The van der Waals surface area contributed by atoms with E-state index in [1.165, 1.54) is 0 Å². The average molecular weight is 293 g/mol. The number of nitrogens with one attached hydrogen (secondary N) is 1. The Labute approximate surface area is 127 Å². The number of aliphatic carboxylic acids is 1. The molecule has 0 saturated carbocycles. The number of fused-ring (bicyclic) bond motifs is 1. The molecule has 0 fully saturated rings. The van der Waals surface area contributed by atoms with Crippen LogP contribution in [-0.4, -0.2) is 21.0 Å². The zero-order chi connectivity index (χ0) is 15.4. The molecule has 0 saturated heterocycles. The number of hydrogen-bond donors (Lipinski definition) is 2. The number of aryl methyl sites for hydroxylation is 1. The smallest absolute Gasteiger partial charge is 0.303 e. The van der Waals surface area contributed by atoms with Crippen molar-refractivity contribution in [2.24, 2.45) is 0 Å². The van der Waals surface area contributed by atoms with Crippen molar-refractivity contribution >= 4 is 28.2 Å². The van der Waals surface area contributed by atoms with Crippen LogP contribution in [0.5, 0.6) is 0 Å². The molecule has 2 heterocycles. The fourth-order valence-corrected chi connectivity index (χ4v) is 2.25. The molecule has 2 aromatic heterocycles. The Bertz CT molecular complexity index is 795. The molecule has 0 aliphatic carbocycles. The lowest BCUT2D eigenvalue weighted by Gasteiger charge is -2.09. The van der Waals surface area contributed by atoms with Gasteiger partial charge < -0.3 is 10.4 Å². The molecule has 5 heteroatoms. The molecule has 1 aromatic carbocycles. The second-order valence-corrected chi connectivity index (χ2v) is 4.97. The summed E-state index contributed by atoms with van der Waals surface area (Å²) in [4.78, 5) is 19.1. The van der Waals surface area contributed by atoms with Crippen molar-refractivity contribution in [1.29, 1.82) is 0 Å². The summed E-state index contributed by atoms with van der Waals surface area (Å²) in [5.74, 6) is -0.0291. The van der Waals surface area contributed by atoms with Crippen LogP contribution < -0.4 is 5.32 Å². The third kappa shape index (κ3) is 3.20. The number of carboxylic acid groups (broad SMARTS) is 1. The SMILES string of the molecule is O=C(O)CCc1ccc(Nc2nccc3ccncc23)cc1. The van der Waals surface area contributed by atoms with E-state index in [0.29, 0.717) is 6.42 Å². The molecule has 0 spiro atoms. The third-order valence-electron chi connectivity index (χ3n) is 3.41. The largest absolute Gasteiger partial charge is 0.481 e. The normalized spacial score (nSPS) is 10.5. The van der Waals surface area contributed by atoms with Gasteiger partial charge >= 0.3 is 5.97 Å². The predicted octanol–water partition coefficient (Wildman–Crippen LogP) is 3.39. The Morgan fingerprint density at radius 1 is 1.09 bits per heavy atom. The monoisotopic (exact) mass is 293 g/mol. The second kappa shape index (κ2) is 6.22. The lowest BCUT2D eigenvalue weighted by Crippen LogP contribution is -1.98. The number of pyridine rings is 2. The number of hydrogen-bond acceptors (Lipinski definition) is 4. The minimum absolute atomic E-state index is 0.142. The van der Waals surface area contributed by atoms with Crippen molar-refractivity contribution in [1.82, 2.24) is 9.97 Å². The lowest BCUT2D eigenvalue weighted by atomic mass is 10.1. The van der Waals surface area contributed by atoms with Gasteiger partial charge in [-0.05, 0) is 41.6 Å². The number of carboxylic acids is 1. The van der Waals surface area contributed by atoms with Crippen molar-refractivity contribution in [3.63, 3.8) is 0 Å². The van der Waals surface area contributed by atoms with E-state index in [4.69, 9.17) is 5.11 Å². The molecular weight excluding hydrogens is 278 g/mol. The van der Waals surface area contributed by atoms with Crippen LogP contribution >= 0.6 is 0 Å². The maximum absolute atomic E-state index is 10.6. The number of carbonyl (C=O) groups is 1. The second-order valence-electron chi connectivity index (χ2n) is 4.97. The molecule has 110 valence electrons. The quantitative estimate of drug-likeness (QED) is 0.754. The van der Waals surface area contributed by atoms with E-state index < -0.39 is 5.97 Å². The van der Waals surface area contributed by atoms with Crippen molar-refractivity contribution in [3.05, 3.63) is 60.6 Å². The van der Waals surface area contributed by atoms with Crippen molar-refractivity contribution in [2.45, 2.75) is 12.8 Å². The van der Waals surface area contributed by atoms with Gasteiger partial charge in [0.25, 0.3) is 0 Å². The maximum atomic E-state index is 10.6. The molecule has 0 atom stereocenters. The highest BCUT2D eigenvalue weighted by Gasteiger charge is 2.03. The minimum atomic E-state index is -0.783. The zero-order valence-corrected chi connectivity index (χ0v) is 11.9. The van der Waals surface area contributed by atoms with Gasteiger partial charge in [-0.25, -0.2) is 4.98 Å². The standard InChI is InChI=1S/C17H15N3O2/c21-16(22)6-3-12-1-4-14(5-2-12)20-17-15-11-18-9-7-13(15)8-10-19-17/h1-2,4-5,7-11H,3,6H2,(H,19,20)(H,21,22). The summed E-state index contributed by atoms with van der Waals surface area (Å²) in [6, 6.07) is 11.6. The highest BCUT2D eigenvalue weighted by molar-refractivity contribution is 5.92. The summed E-state index contributed by atoms with van der Waals surface area (Å²) in [5.41, 5.74) is 1.91. The first-order valence-electron chi connectivity index (χ1n) is 6.99. The Morgan fingerprint density at radius 3 is 2.64 bits per heavy atom. The van der Waals surface area contributed by atoms with Gasteiger partial charge in [0.1, 0.15) is 5.82 Å². The van der Waals surface area contributed by atoms with E-state index >= 15 is 0 Å². The van der Waals surface area contributed by atoms with Gasteiger partial charge in [-0.2, -0.15) is 0 Å². The molecule has 2 N–H and O–H groups in total. The summed E-state index contributed by atoms with van der Waals surface area (Å²) in [5, 5.41) is 14.0. The summed E-state index contributed by atoms with van der Waals surface area (Å²) >= 11 is 0. The van der Waals surface area contributed by atoms with Crippen LogP contribution in [0.1, 0.15) is 12.0 Å². The fraction of sp³-hybridized carbons (Fsp3) is 0.118. The highest BCUT2D eigenvalue weighted by Crippen LogP contribution is 2.23. The molecule has 3 rings (SSSR count). The van der Waals surface area contributed by atoms with E-state index in [1.54, 1.807) is 18.6 Å². The van der Waals surface area contributed by atoms with Crippen molar-refractivity contribution < 1.29 is 9.90 Å². The summed E-state index contributed by atoms with van der Waals surface area (Å²) in [6.07, 6.45) is 5.97. The van der Waals surface area contributed by atoms with Crippen LogP contribution in [0.15, 0.2) is 55.0 Å². The van der Waals surface area contributed by atoms with Gasteiger partial charge in [0.2, 0.25) is 0 Å². The molecule has 0 radical (unpaired) electrons. The summed E-state index contributed by atoms with van der Waals surface area (Å²) < 4.78 is 0. The van der Waals surface area contributed by atoms with Gasteiger partial charge in [-0.3, -0.25) is 9.78 Å². The van der Waals surface area contributed by atoms with E-state index in [0.717, 1.165) is 27.8 Å². The molecule has 5 nitrogen and oxygen atoms in total. The number of aromatic nitrogens is 2. The van der Waals surface area contributed by atoms with Gasteiger partial charge in [0.05, 0.1) is 0 Å². The zero-order valence-electron chi connectivity index (χ0n) is 11.9. The van der Waals surface area contributed by atoms with E-state index in [9.17, 15) is 4.79 Å². The van der Waals surface area contributed by atoms with Crippen molar-refractivity contribution in [2.75, 3.05) is 5.32 Å². The third-order valence-corrected chi connectivity index (χ3v) is 3.41. The summed E-state index contributed by atoms with van der Waals surface area (Å²) in [6.45, 7) is 0. The Hall–Kier alpha value is -2.95. The van der Waals surface area contributed by atoms with Crippen LogP contribution in [-0.2, 0) is 11.2 Å². The molecule has 22 heavy (non-hydrogen) atoms. The Kier molecular flexibility index (Phi) is 3.96. The number of anilines is 2. The van der Waals surface area contributed by atoms with E-state index in [2.05, 4.69) is 15.3 Å². The van der Waals surface area contributed by atoms with Crippen LogP contribution in [0.25, 0.3) is 10.8 Å². The predicted molar refractivity (Wildman–Crippen MR) is 85.2 cm³/mol. The van der Waals surface area contributed by atoms with Crippen LogP contribution in [0.4, 0.5) is 11.5 Å². The molecule has 0 amide bonds. The Balaban J connectivity index is 1.79. The van der Waals surface area contributed by atoms with Crippen LogP contribution in [0.3, 0.4) is 0 Å². The van der Waals surface area contributed by atoms with Crippen molar-refractivity contribution in [3.8, 4) is 0 Å². The number of benzene rings is 1. The van der Waals surface area contributed by atoms with Gasteiger partial charge in [0, 0.05) is 36.1 Å². The minimum Gasteiger partial charge on any atom is -0.481 e. The van der Waals surface area contributed by atoms with Crippen LogP contribution in [0, 0.1) is 0 Å². The van der Waals surface area contributed by atoms with Gasteiger partial charge in [-0.15, -0.1) is 0 Å². The maximum Gasteiger partial charge on any atom is 0.303 e. The molecule has 0 aliphatic heterocycles. The van der Waals surface area contributed by atoms with Gasteiger partial charge in [-0.1, -0.05) is 12.1 Å². The lowest BCUT2D eigenvalue weighted by molar-refractivity contribution is -0.136. The average Bonchev–Trinajstić information content (AvgIpc) is 2.54. The molecule has 0 bridgehead atoms. The molecular formula is C17H15N3O2. The summed E-state index contributed by atoms with van der Waals surface area (Å²) in [7, 11) is 0. The number of rotatable bonds is 5. The first-order chi connectivity index (χ1) is 10.7. The topological polar surface area (TPSA) is 75.1 Å². The van der Waals surface area contributed by atoms with E-state index in [1.807, 2.05) is 36.4 Å². The Morgan fingerprint density at radius 2 is 1.86 bits per heavy atom. The fourth-order valence-electron chi connectivity index (χ4n) is 2.25. The highest BCUT2D eigenvalue weighted by atomic mass is 16.4. The first-order valence-corrected chi connectivity index (χ1v) is 6.99. The van der Waals surface area contributed by atoms with E-state index in [-0.39, 0.29) is 6.42 Å². The first kappa shape index (κ1) is 14.0.